The number of hydrogen-bond acceptors (Lipinski definition) is 1. The predicted molar refractivity (Wildman–Crippen MR) is 70.9 cm³/mol. The van der Waals surface area contributed by atoms with E-state index in [-0.39, 0.29) is 11.3 Å². The summed E-state index contributed by atoms with van der Waals surface area (Å²) in [5.74, 6) is -1.55. The minimum atomic E-state index is -0.687. The fourth-order valence-corrected chi connectivity index (χ4v) is 1.62. The second-order valence-electron chi connectivity index (χ2n) is 4.23. The summed E-state index contributed by atoms with van der Waals surface area (Å²) in [6, 6.07) is 10.3. The van der Waals surface area contributed by atoms with Gasteiger partial charge in [0.2, 0.25) is 0 Å². The zero-order valence-electron chi connectivity index (χ0n) is 10.4. The van der Waals surface area contributed by atoms with Crippen LogP contribution in [0.2, 0.25) is 0 Å². The molecule has 0 radical (unpaired) electrons. The fourth-order valence-electron chi connectivity index (χ4n) is 1.62. The van der Waals surface area contributed by atoms with Crippen LogP contribution in [-0.4, -0.2) is 5.78 Å². The number of allylic oxidation sites excluding steroid dienone is 1. The molecule has 0 fully saturated rings. The predicted octanol–water partition coefficient (Wildman–Crippen LogP) is 4.17. The monoisotopic (exact) mass is 258 g/mol. The smallest absolute Gasteiger partial charge is 0.185 e. The Morgan fingerprint density at radius 1 is 1.05 bits per heavy atom. The van der Waals surface area contributed by atoms with Gasteiger partial charge >= 0.3 is 0 Å². The van der Waals surface area contributed by atoms with E-state index in [4.69, 9.17) is 0 Å². The van der Waals surface area contributed by atoms with Gasteiger partial charge in [0.15, 0.2) is 5.78 Å². The Balaban J connectivity index is 2.18. The molecule has 0 saturated heterocycles. The molecule has 0 saturated carbocycles. The molecule has 0 aliphatic heterocycles. The lowest BCUT2D eigenvalue weighted by atomic mass is 10.1. The van der Waals surface area contributed by atoms with Gasteiger partial charge in [-0.05, 0) is 31.2 Å². The highest BCUT2D eigenvalue weighted by atomic mass is 19.1. The number of carbonyl (C=O) groups excluding carboxylic acids is 1. The van der Waals surface area contributed by atoms with E-state index in [9.17, 15) is 13.6 Å². The van der Waals surface area contributed by atoms with Crippen molar-refractivity contribution < 1.29 is 13.6 Å². The van der Waals surface area contributed by atoms with Crippen molar-refractivity contribution in [3.63, 3.8) is 0 Å². The van der Waals surface area contributed by atoms with E-state index < -0.39 is 11.6 Å². The Morgan fingerprint density at radius 2 is 1.74 bits per heavy atom. The number of benzene rings is 2. The average Bonchev–Trinajstić information content (AvgIpc) is 2.38. The molecule has 0 spiro atoms. The number of aryl methyl sites for hydroxylation is 1. The number of hydrogen-bond donors (Lipinski definition) is 0. The molecule has 0 atom stereocenters. The van der Waals surface area contributed by atoms with E-state index in [0.29, 0.717) is 5.56 Å². The summed E-state index contributed by atoms with van der Waals surface area (Å²) in [4.78, 5) is 11.8. The van der Waals surface area contributed by atoms with Gasteiger partial charge in [-0.15, -0.1) is 0 Å². The van der Waals surface area contributed by atoms with Crippen molar-refractivity contribution in [3.8, 4) is 0 Å². The van der Waals surface area contributed by atoms with Gasteiger partial charge in [-0.2, -0.15) is 0 Å². The maximum Gasteiger partial charge on any atom is 0.185 e. The van der Waals surface area contributed by atoms with Gasteiger partial charge in [-0.1, -0.05) is 29.8 Å². The lowest BCUT2D eigenvalue weighted by Crippen LogP contribution is -1.94. The lowest BCUT2D eigenvalue weighted by Gasteiger charge is -1.98. The second-order valence-corrected chi connectivity index (χ2v) is 4.23. The Kier molecular flexibility index (Phi) is 3.85. The van der Waals surface area contributed by atoms with Crippen LogP contribution in [0.3, 0.4) is 0 Å². The van der Waals surface area contributed by atoms with Crippen LogP contribution in [0.5, 0.6) is 0 Å². The van der Waals surface area contributed by atoms with Crippen LogP contribution >= 0.6 is 0 Å². The van der Waals surface area contributed by atoms with Gasteiger partial charge in [0, 0.05) is 17.2 Å². The molecule has 0 aliphatic rings. The molecule has 2 aromatic rings. The van der Waals surface area contributed by atoms with Crippen LogP contribution in [0, 0.1) is 18.6 Å². The second kappa shape index (κ2) is 5.57. The van der Waals surface area contributed by atoms with Crippen LogP contribution in [0.4, 0.5) is 8.78 Å². The number of halogens is 2. The zero-order valence-corrected chi connectivity index (χ0v) is 10.4. The summed E-state index contributed by atoms with van der Waals surface area (Å²) in [6.07, 6.45) is 2.62. The highest BCUT2D eigenvalue weighted by molar-refractivity contribution is 6.06. The summed E-state index contributed by atoms with van der Waals surface area (Å²) >= 11 is 0. The third-order valence-electron chi connectivity index (χ3n) is 2.71. The van der Waals surface area contributed by atoms with Gasteiger partial charge in [-0.25, -0.2) is 8.78 Å². The highest BCUT2D eigenvalue weighted by Gasteiger charge is 2.03. The summed E-state index contributed by atoms with van der Waals surface area (Å²) in [5, 5.41) is 0. The first-order chi connectivity index (χ1) is 9.06. The van der Waals surface area contributed by atoms with Crippen molar-refractivity contribution >= 4 is 11.9 Å². The summed E-state index contributed by atoms with van der Waals surface area (Å²) in [5.41, 5.74) is 1.77. The molecule has 0 heterocycles. The van der Waals surface area contributed by atoms with E-state index in [2.05, 4.69) is 0 Å². The van der Waals surface area contributed by atoms with E-state index in [1.165, 1.54) is 18.2 Å². The van der Waals surface area contributed by atoms with Crippen molar-refractivity contribution in [1.29, 1.82) is 0 Å². The van der Waals surface area contributed by atoms with Crippen molar-refractivity contribution in [2.75, 3.05) is 0 Å². The maximum atomic E-state index is 13.4. The number of ketones is 1. The zero-order chi connectivity index (χ0) is 13.8. The highest BCUT2D eigenvalue weighted by Crippen LogP contribution is 2.12. The normalized spacial score (nSPS) is 10.9. The first kappa shape index (κ1) is 13.1. The number of rotatable bonds is 3. The van der Waals surface area contributed by atoms with Gasteiger partial charge in [0.05, 0.1) is 0 Å². The molecule has 0 aliphatic carbocycles. The first-order valence-corrected chi connectivity index (χ1v) is 5.80. The van der Waals surface area contributed by atoms with Crippen molar-refractivity contribution in [3.05, 3.63) is 76.9 Å². The Morgan fingerprint density at radius 3 is 2.37 bits per heavy atom. The topological polar surface area (TPSA) is 17.1 Å². The average molecular weight is 258 g/mol. The lowest BCUT2D eigenvalue weighted by molar-refractivity contribution is 0.104. The molecule has 2 aromatic carbocycles. The first-order valence-electron chi connectivity index (χ1n) is 5.80. The SMILES string of the molecule is Cc1ccc(C(=O)/C=C/c2ccc(F)cc2F)cc1. The molecule has 19 heavy (non-hydrogen) atoms. The molecule has 0 unspecified atom stereocenters. The summed E-state index contributed by atoms with van der Waals surface area (Å²) < 4.78 is 26.1. The van der Waals surface area contributed by atoms with E-state index in [1.807, 2.05) is 19.1 Å². The largest absolute Gasteiger partial charge is 0.289 e. The van der Waals surface area contributed by atoms with E-state index in [1.54, 1.807) is 12.1 Å². The minimum Gasteiger partial charge on any atom is -0.289 e. The molecular formula is C16H12F2O. The van der Waals surface area contributed by atoms with Gasteiger partial charge in [0.25, 0.3) is 0 Å². The molecule has 0 bridgehead atoms. The van der Waals surface area contributed by atoms with Crippen molar-refractivity contribution in [1.82, 2.24) is 0 Å². The van der Waals surface area contributed by atoms with E-state index >= 15 is 0 Å². The van der Waals surface area contributed by atoms with Gasteiger partial charge in [0.1, 0.15) is 11.6 Å². The number of carbonyl (C=O) groups is 1. The molecule has 96 valence electrons. The van der Waals surface area contributed by atoms with Crippen LogP contribution < -0.4 is 0 Å². The Bertz CT molecular complexity index is 628. The molecular weight excluding hydrogens is 246 g/mol. The molecule has 1 nitrogen and oxygen atoms in total. The third kappa shape index (κ3) is 3.35. The quantitative estimate of drug-likeness (QED) is 0.596. The molecule has 3 heteroatoms. The summed E-state index contributed by atoms with van der Waals surface area (Å²) in [6.45, 7) is 1.93. The maximum absolute atomic E-state index is 13.4. The fraction of sp³-hybridized carbons (Fsp3) is 0.0625. The van der Waals surface area contributed by atoms with Crippen LogP contribution in [-0.2, 0) is 0 Å². The van der Waals surface area contributed by atoms with Crippen molar-refractivity contribution in [2.45, 2.75) is 6.92 Å². The third-order valence-corrected chi connectivity index (χ3v) is 2.71. The molecule has 0 N–H and O–H groups in total. The van der Waals surface area contributed by atoms with Crippen molar-refractivity contribution in [2.24, 2.45) is 0 Å². The Hall–Kier alpha value is -2.29. The van der Waals surface area contributed by atoms with E-state index in [0.717, 1.165) is 17.7 Å². The minimum absolute atomic E-state index is 0.182. The van der Waals surface area contributed by atoms with Gasteiger partial charge in [-0.3, -0.25) is 4.79 Å². The van der Waals surface area contributed by atoms with Crippen LogP contribution in [0.1, 0.15) is 21.5 Å². The summed E-state index contributed by atoms with van der Waals surface area (Å²) in [7, 11) is 0. The van der Waals surface area contributed by atoms with Gasteiger partial charge < -0.3 is 0 Å². The van der Waals surface area contributed by atoms with Crippen LogP contribution in [0.15, 0.2) is 48.5 Å². The Labute approximate surface area is 110 Å². The molecule has 2 rings (SSSR count). The molecule has 0 amide bonds. The standard InChI is InChI=1S/C16H12F2O/c1-11-2-4-13(5-3-11)16(19)9-7-12-6-8-14(17)10-15(12)18/h2-10H,1H3/b9-7+. The molecule has 0 aromatic heterocycles. The van der Waals surface area contributed by atoms with Crippen LogP contribution in [0.25, 0.3) is 6.08 Å².